The van der Waals surface area contributed by atoms with Gasteiger partial charge in [-0.3, -0.25) is 9.48 Å². The molecule has 0 aliphatic heterocycles. The molecule has 6 heteroatoms. The van der Waals surface area contributed by atoms with Gasteiger partial charge in [0.05, 0.1) is 12.1 Å². The van der Waals surface area contributed by atoms with Crippen molar-refractivity contribution in [3.8, 4) is 0 Å². The smallest absolute Gasteiger partial charge is 0.222 e. The Labute approximate surface area is 144 Å². The third-order valence-corrected chi connectivity index (χ3v) is 4.25. The second kappa shape index (κ2) is 7.02. The molecule has 0 saturated carbocycles. The first-order valence-corrected chi connectivity index (χ1v) is 8.02. The molecular formula is C17H15Cl2N3O. The zero-order valence-electron chi connectivity index (χ0n) is 12.3. The summed E-state index contributed by atoms with van der Waals surface area (Å²) in [6.07, 6.45) is 0.326. The summed E-state index contributed by atoms with van der Waals surface area (Å²) in [5.41, 5.74) is 1.83. The fourth-order valence-electron chi connectivity index (χ4n) is 2.39. The number of benzene rings is 2. The first-order valence-electron chi connectivity index (χ1n) is 7.26. The van der Waals surface area contributed by atoms with Gasteiger partial charge in [-0.25, -0.2) is 0 Å². The highest BCUT2D eigenvalue weighted by Gasteiger charge is 2.10. The van der Waals surface area contributed by atoms with Crippen LogP contribution in [-0.2, 0) is 17.9 Å². The third kappa shape index (κ3) is 3.66. The van der Waals surface area contributed by atoms with Crippen LogP contribution in [0.4, 0.5) is 0 Å². The second-order valence-electron chi connectivity index (χ2n) is 5.15. The zero-order chi connectivity index (χ0) is 16.2. The van der Waals surface area contributed by atoms with Crippen molar-refractivity contribution in [2.45, 2.75) is 19.5 Å². The average Bonchev–Trinajstić information content (AvgIpc) is 2.89. The number of carbonyl (C=O) groups excluding carboxylic acids is 1. The van der Waals surface area contributed by atoms with Gasteiger partial charge in [0.15, 0.2) is 5.15 Å². The number of aryl methyl sites for hydroxylation is 1. The Bertz CT molecular complexity index is 845. The minimum atomic E-state index is -0.0550. The topological polar surface area (TPSA) is 46.9 Å². The van der Waals surface area contributed by atoms with E-state index in [9.17, 15) is 4.79 Å². The van der Waals surface area contributed by atoms with Crippen LogP contribution in [0.15, 0.2) is 48.5 Å². The molecule has 0 aliphatic carbocycles. The monoisotopic (exact) mass is 347 g/mol. The van der Waals surface area contributed by atoms with Gasteiger partial charge in [-0.2, -0.15) is 5.10 Å². The first-order chi connectivity index (χ1) is 11.1. The molecule has 0 atom stereocenters. The molecule has 2 aromatic carbocycles. The van der Waals surface area contributed by atoms with Crippen molar-refractivity contribution in [1.29, 1.82) is 0 Å². The lowest BCUT2D eigenvalue weighted by atomic mass is 10.2. The summed E-state index contributed by atoms with van der Waals surface area (Å²) in [4.78, 5) is 12.0. The van der Waals surface area contributed by atoms with Crippen LogP contribution >= 0.6 is 23.2 Å². The Morgan fingerprint density at radius 2 is 1.83 bits per heavy atom. The minimum Gasteiger partial charge on any atom is -0.352 e. The first kappa shape index (κ1) is 15.8. The lowest BCUT2D eigenvalue weighted by molar-refractivity contribution is -0.121. The summed E-state index contributed by atoms with van der Waals surface area (Å²) in [5.74, 6) is -0.0550. The molecule has 3 aromatic rings. The summed E-state index contributed by atoms with van der Waals surface area (Å²) in [6, 6.07) is 15.1. The van der Waals surface area contributed by atoms with E-state index >= 15 is 0 Å². The standard InChI is InChI=1S/C17H15Cl2N3O/c18-14-7-3-1-5-12(14)11-20-16(23)9-10-22-15-8-4-2-6-13(15)17(19)21-22/h1-8H,9-11H2,(H,20,23). The predicted molar refractivity (Wildman–Crippen MR) is 92.7 cm³/mol. The number of halogens is 2. The normalized spacial score (nSPS) is 10.9. The van der Waals surface area contributed by atoms with Crippen molar-refractivity contribution < 1.29 is 4.79 Å². The van der Waals surface area contributed by atoms with Gasteiger partial charge in [0.2, 0.25) is 5.91 Å². The van der Waals surface area contributed by atoms with E-state index in [1.807, 2.05) is 42.5 Å². The van der Waals surface area contributed by atoms with Gasteiger partial charge >= 0.3 is 0 Å². The molecule has 0 saturated heterocycles. The van der Waals surface area contributed by atoms with Crippen molar-refractivity contribution in [3.05, 3.63) is 64.3 Å². The van der Waals surface area contributed by atoms with Crippen LogP contribution < -0.4 is 5.32 Å². The number of amides is 1. The molecule has 1 amide bonds. The second-order valence-corrected chi connectivity index (χ2v) is 5.91. The number of hydrogen-bond donors (Lipinski definition) is 1. The summed E-state index contributed by atoms with van der Waals surface area (Å²) in [6.45, 7) is 0.890. The highest BCUT2D eigenvalue weighted by atomic mass is 35.5. The van der Waals surface area contributed by atoms with Crippen LogP contribution in [0.25, 0.3) is 10.9 Å². The van der Waals surface area contributed by atoms with Crippen molar-refractivity contribution >= 4 is 40.0 Å². The number of rotatable bonds is 5. The van der Waals surface area contributed by atoms with Crippen LogP contribution in [0.2, 0.25) is 10.2 Å². The van der Waals surface area contributed by atoms with E-state index in [2.05, 4.69) is 10.4 Å². The summed E-state index contributed by atoms with van der Waals surface area (Å²) in [7, 11) is 0. The molecule has 1 N–H and O–H groups in total. The van der Waals surface area contributed by atoms with Crippen molar-refractivity contribution in [3.63, 3.8) is 0 Å². The van der Waals surface area contributed by atoms with Gasteiger partial charge in [-0.1, -0.05) is 53.5 Å². The van der Waals surface area contributed by atoms with Crippen LogP contribution in [0.5, 0.6) is 0 Å². The van der Waals surface area contributed by atoms with Crippen LogP contribution in [0.1, 0.15) is 12.0 Å². The number of nitrogens with zero attached hydrogens (tertiary/aromatic N) is 2. The Morgan fingerprint density at radius 1 is 1.09 bits per heavy atom. The van der Waals surface area contributed by atoms with Crippen molar-refractivity contribution in [2.24, 2.45) is 0 Å². The maximum Gasteiger partial charge on any atom is 0.222 e. The van der Waals surface area contributed by atoms with Crippen LogP contribution in [0.3, 0.4) is 0 Å². The number of aromatic nitrogens is 2. The number of para-hydroxylation sites is 1. The maximum absolute atomic E-state index is 12.0. The number of fused-ring (bicyclic) bond motifs is 1. The zero-order valence-corrected chi connectivity index (χ0v) is 13.8. The van der Waals surface area contributed by atoms with Gasteiger partial charge in [0.25, 0.3) is 0 Å². The van der Waals surface area contributed by atoms with Crippen molar-refractivity contribution in [1.82, 2.24) is 15.1 Å². The maximum atomic E-state index is 12.0. The average molecular weight is 348 g/mol. The Hall–Kier alpha value is -2.04. The highest BCUT2D eigenvalue weighted by molar-refractivity contribution is 6.34. The van der Waals surface area contributed by atoms with Gasteiger partial charge in [-0.15, -0.1) is 0 Å². The number of nitrogens with one attached hydrogen (secondary N) is 1. The van der Waals surface area contributed by atoms with Gasteiger partial charge in [0, 0.05) is 23.4 Å². The van der Waals surface area contributed by atoms with Gasteiger partial charge in [0.1, 0.15) is 0 Å². The summed E-state index contributed by atoms with van der Waals surface area (Å²) >= 11 is 12.2. The highest BCUT2D eigenvalue weighted by Crippen LogP contribution is 2.22. The van der Waals surface area contributed by atoms with E-state index in [4.69, 9.17) is 23.2 Å². The third-order valence-electron chi connectivity index (χ3n) is 3.60. The van der Waals surface area contributed by atoms with Gasteiger partial charge in [-0.05, 0) is 23.8 Å². The fourth-order valence-corrected chi connectivity index (χ4v) is 2.84. The lowest BCUT2D eigenvalue weighted by Crippen LogP contribution is -2.24. The molecule has 0 fully saturated rings. The summed E-state index contributed by atoms with van der Waals surface area (Å²) < 4.78 is 1.76. The molecular weight excluding hydrogens is 333 g/mol. The molecule has 1 aromatic heterocycles. The van der Waals surface area contributed by atoms with Crippen LogP contribution in [-0.4, -0.2) is 15.7 Å². The van der Waals surface area contributed by atoms with E-state index in [-0.39, 0.29) is 5.91 Å². The largest absolute Gasteiger partial charge is 0.352 e. The molecule has 118 valence electrons. The molecule has 0 radical (unpaired) electrons. The van der Waals surface area contributed by atoms with E-state index in [0.29, 0.717) is 29.7 Å². The SMILES string of the molecule is O=C(CCn1nc(Cl)c2ccccc21)NCc1ccccc1Cl. The van der Waals surface area contributed by atoms with E-state index in [0.717, 1.165) is 16.5 Å². The van der Waals surface area contributed by atoms with Crippen LogP contribution in [0, 0.1) is 0 Å². The van der Waals surface area contributed by atoms with Crippen molar-refractivity contribution in [2.75, 3.05) is 0 Å². The van der Waals surface area contributed by atoms with E-state index < -0.39 is 0 Å². The number of hydrogen-bond acceptors (Lipinski definition) is 2. The van der Waals surface area contributed by atoms with Gasteiger partial charge < -0.3 is 5.32 Å². The van der Waals surface area contributed by atoms with E-state index in [1.165, 1.54) is 0 Å². The predicted octanol–water partition coefficient (Wildman–Crippen LogP) is 4.05. The lowest BCUT2D eigenvalue weighted by Gasteiger charge is -2.07. The minimum absolute atomic E-state index is 0.0550. The molecule has 0 aliphatic rings. The van der Waals surface area contributed by atoms with E-state index in [1.54, 1.807) is 10.7 Å². The fraction of sp³-hybridized carbons (Fsp3) is 0.176. The molecule has 0 unspecified atom stereocenters. The number of carbonyl (C=O) groups is 1. The molecule has 0 bridgehead atoms. The quantitative estimate of drug-likeness (QED) is 0.756. The molecule has 4 nitrogen and oxygen atoms in total. The summed E-state index contributed by atoms with van der Waals surface area (Å²) in [5, 5.41) is 9.14. The molecule has 1 heterocycles. The Balaban J connectivity index is 1.59. The Morgan fingerprint density at radius 3 is 2.65 bits per heavy atom. The molecule has 3 rings (SSSR count). The Kier molecular flexibility index (Phi) is 4.84. The molecule has 23 heavy (non-hydrogen) atoms. The molecule has 0 spiro atoms.